The van der Waals surface area contributed by atoms with Crippen LogP contribution in [0.5, 0.6) is 11.5 Å². The van der Waals surface area contributed by atoms with Crippen molar-refractivity contribution in [1.29, 1.82) is 0 Å². The zero-order valence-corrected chi connectivity index (χ0v) is 15.6. The van der Waals surface area contributed by atoms with Crippen LogP contribution in [0.2, 0.25) is 0 Å². The Bertz CT molecular complexity index is 1050. The Morgan fingerprint density at radius 1 is 1.03 bits per heavy atom. The maximum absolute atomic E-state index is 14.0. The summed E-state index contributed by atoms with van der Waals surface area (Å²) in [6.07, 6.45) is 0. The number of urea groups is 1. The highest BCUT2D eigenvalue weighted by atomic mass is 19.1. The summed E-state index contributed by atoms with van der Waals surface area (Å²) in [6.45, 7) is 2.33. The van der Waals surface area contributed by atoms with Gasteiger partial charge in [0, 0.05) is 12.6 Å². The number of halogens is 2. The minimum atomic E-state index is -0.852. The zero-order valence-electron chi connectivity index (χ0n) is 15.6. The average molecular weight is 400 g/mol. The molecule has 0 atom stereocenters. The SMILES string of the molecule is Cc1ccc(CN(Cc2ccc3c(c2)OCO3)C(=O)Nc2ccc(F)cc2F)o1. The number of anilines is 1. The van der Waals surface area contributed by atoms with Crippen LogP contribution >= 0.6 is 0 Å². The number of fused-ring (bicyclic) bond motifs is 1. The van der Waals surface area contributed by atoms with Crippen LogP contribution in [0.3, 0.4) is 0 Å². The number of furan rings is 1. The number of amides is 2. The summed E-state index contributed by atoms with van der Waals surface area (Å²) in [6, 6.07) is 11.4. The van der Waals surface area contributed by atoms with Crippen LogP contribution in [0.4, 0.5) is 19.3 Å². The molecule has 150 valence electrons. The molecule has 4 rings (SSSR count). The Kier molecular flexibility index (Phi) is 5.07. The fourth-order valence-electron chi connectivity index (χ4n) is 3.00. The number of carbonyl (C=O) groups is 1. The van der Waals surface area contributed by atoms with Gasteiger partial charge in [-0.25, -0.2) is 13.6 Å². The molecule has 3 aromatic rings. The van der Waals surface area contributed by atoms with Gasteiger partial charge in [0.1, 0.15) is 23.2 Å². The summed E-state index contributed by atoms with van der Waals surface area (Å²) in [4.78, 5) is 14.3. The molecule has 8 heteroatoms. The van der Waals surface area contributed by atoms with Crippen LogP contribution in [0, 0.1) is 18.6 Å². The summed E-state index contributed by atoms with van der Waals surface area (Å²) in [5.74, 6) is 0.964. The average Bonchev–Trinajstić information content (AvgIpc) is 3.31. The summed E-state index contributed by atoms with van der Waals surface area (Å²) in [5.41, 5.74) is 0.690. The molecule has 0 saturated carbocycles. The standard InChI is InChI=1S/C21H18F2N2O4/c1-13-2-5-16(29-13)11-25(10-14-3-7-19-20(8-14)28-12-27-19)21(26)24-18-6-4-15(22)9-17(18)23/h2-9H,10-12H2,1H3,(H,24,26). The van der Waals surface area contributed by atoms with Gasteiger partial charge in [-0.3, -0.25) is 0 Å². The normalized spacial score (nSPS) is 12.1. The van der Waals surface area contributed by atoms with Gasteiger partial charge in [-0.2, -0.15) is 0 Å². The van der Waals surface area contributed by atoms with Gasteiger partial charge in [0.25, 0.3) is 0 Å². The minimum Gasteiger partial charge on any atom is -0.464 e. The number of nitrogens with one attached hydrogen (secondary N) is 1. The van der Waals surface area contributed by atoms with Gasteiger partial charge in [-0.1, -0.05) is 6.07 Å². The lowest BCUT2D eigenvalue weighted by Crippen LogP contribution is -2.34. The van der Waals surface area contributed by atoms with E-state index in [0.29, 0.717) is 29.1 Å². The van der Waals surface area contributed by atoms with Crippen LogP contribution in [0.15, 0.2) is 52.9 Å². The molecule has 1 aromatic heterocycles. The monoisotopic (exact) mass is 400 g/mol. The Balaban J connectivity index is 1.56. The molecule has 6 nitrogen and oxygen atoms in total. The number of benzene rings is 2. The number of hydrogen-bond donors (Lipinski definition) is 1. The molecule has 2 aromatic carbocycles. The molecular formula is C21H18F2N2O4. The molecule has 1 N–H and O–H groups in total. The third-order valence-corrected chi connectivity index (χ3v) is 4.41. The van der Waals surface area contributed by atoms with Crippen molar-refractivity contribution < 1.29 is 27.5 Å². The molecule has 0 fully saturated rings. The van der Waals surface area contributed by atoms with E-state index in [1.54, 1.807) is 31.2 Å². The van der Waals surface area contributed by atoms with E-state index in [1.165, 1.54) is 11.0 Å². The molecular weight excluding hydrogens is 382 g/mol. The lowest BCUT2D eigenvalue weighted by Gasteiger charge is -2.22. The van der Waals surface area contributed by atoms with Gasteiger partial charge in [0.2, 0.25) is 6.79 Å². The summed E-state index contributed by atoms with van der Waals surface area (Å²) < 4.78 is 43.4. The van der Waals surface area contributed by atoms with Crippen molar-refractivity contribution in [3.63, 3.8) is 0 Å². The van der Waals surface area contributed by atoms with Crippen molar-refractivity contribution in [1.82, 2.24) is 4.90 Å². The smallest absolute Gasteiger partial charge is 0.322 e. The highest BCUT2D eigenvalue weighted by Crippen LogP contribution is 2.33. The van der Waals surface area contributed by atoms with E-state index in [4.69, 9.17) is 13.9 Å². The molecule has 2 amide bonds. The summed E-state index contributed by atoms with van der Waals surface area (Å²) in [5, 5.41) is 2.48. The zero-order chi connectivity index (χ0) is 20.4. The molecule has 0 spiro atoms. The van der Waals surface area contributed by atoms with Crippen LogP contribution < -0.4 is 14.8 Å². The largest absolute Gasteiger partial charge is 0.464 e. The van der Waals surface area contributed by atoms with Crippen molar-refractivity contribution in [2.45, 2.75) is 20.0 Å². The van der Waals surface area contributed by atoms with E-state index in [0.717, 1.165) is 11.6 Å². The summed E-state index contributed by atoms with van der Waals surface area (Å²) in [7, 11) is 0. The number of hydrogen-bond acceptors (Lipinski definition) is 4. The van der Waals surface area contributed by atoms with E-state index >= 15 is 0 Å². The van der Waals surface area contributed by atoms with Gasteiger partial charge in [-0.05, 0) is 48.9 Å². The molecule has 0 aliphatic carbocycles. The predicted molar refractivity (Wildman–Crippen MR) is 101 cm³/mol. The molecule has 1 aliphatic heterocycles. The number of nitrogens with zero attached hydrogens (tertiary/aromatic N) is 1. The van der Waals surface area contributed by atoms with Gasteiger partial charge in [-0.15, -0.1) is 0 Å². The van der Waals surface area contributed by atoms with Gasteiger partial charge < -0.3 is 24.1 Å². The second-order valence-corrected chi connectivity index (χ2v) is 6.61. The third kappa shape index (κ3) is 4.31. The molecule has 0 unspecified atom stereocenters. The van der Waals surface area contributed by atoms with Gasteiger partial charge in [0.15, 0.2) is 11.5 Å². The maximum Gasteiger partial charge on any atom is 0.322 e. The lowest BCUT2D eigenvalue weighted by molar-refractivity contribution is 0.174. The molecule has 2 heterocycles. The fourth-order valence-corrected chi connectivity index (χ4v) is 3.00. The molecule has 0 saturated heterocycles. The quantitative estimate of drug-likeness (QED) is 0.666. The molecule has 0 bridgehead atoms. The molecule has 0 radical (unpaired) electrons. The van der Waals surface area contributed by atoms with Crippen LogP contribution in [0.1, 0.15) is 17.1 Å². The van der Waals surface area contributed by atoms with Gasteiger partial charge >= 0.3 is 6.03 Å². The van der Waals surface area contributed by atoms with E-state index in [-0.39, 0.29) is 25.6 Å². The highest BCUT2D eigenvalue weighted by molar-refractivity contribution is 5.89. The Morgan fingerprint density at radius 3 is 2.62 bits per heavy atom. The second kappa shape index (κ2) is 7.83. The fraction of sp³-hybridized carbons (Fsp3) is 0.190. The topological polar surface area (TPSA) is 63.9 Å². The van der Waals surface area contributed by atoms with Crippen molar-refractivity contribution >= 4 is 11.7 Å². The van der Waals surface area contributed by atoms with Gasteiger partial charge in [0.05, 0.1) is 12.2 Å². The first-order valence-corrected chi connectivity index (χ1v) is 8.93. The first-order chi connectivity index (χ1) is 14.0. The number of ether oxygens (including phenoxy) is 2. The maximum atomic E-state index is 14.0. The molecule has 29 heavy (non-hydrogen) atoms. The van der Waals surface area contributed by atoms with E-state index < -0.39 is 17.7 Å². The van der Waals surface area contributed by atoms with Crippen molar-refractivity contribution in [2.75, 3.05) is 12.1 Å². The van der Waals surface area contributed by atoms with Crippen molar-refractivity contribution in [2.24, 2.45) is 0 Å². The van der Waals surface area contributed by atoms with Crippen LogP contribution in [-0.4, -0.2) is 17.7 Å². The van der Waals surface area contributed by atoms with Crippen molar-refractivity contribution in [3.8, 4) is 11.5 Å². The third-order valence-electron chi connectivity index (χ3n) is 4.41. The van der Waals surface area contributed by atoms with Crippen LogP contribution in [0.25, 0.3) is 0 Å². The Labute approximate surface area is 165 Å². The van der Waals surface area contributed by atoms with E-state index in [9.17, 15) is 13.6 Å². The Hall–Kier alpha value is -3.55. The minimum absolute atomic E-state index is 0.109. The first-order valence-electron chi connectivity index (χ1n) is 8.93. The highest BCUT2D eigenvalue weighted by Gasteiger charge is 2.20. The number of aryl methyl sites for hydroxylation is 1. The van der Waals surface area contributed by atoms with Crippen LogP contribution in [-0.2, 0) is 13.1 Å². The Morgan fingerprint density at radius 2 is 1.86 bits per heavy atom. The van der Waals surface area contributed by atoms with E-state index in [2.05, 4.69) is 5.32 Å². The first kappa shape index (κ1) is 18.8. The lowest BCUT2D eigenvalue weighted by atomic mass is 10.2. The number of carbonyl (C=O) groups excluding carboxylic acids is 1. The summed E-state index contributed by atoms with van der Waals surface area (Å²) >= 11 is 0. The second-order valence-electron chi connectivity index (χ2n) is 6.61. The molecule has 1 aliphatic rings. The number of rotatable bonds is 5. The predicted octanol–water partition coefficient (Wildman–Crippen LogP) is 4.83. The van der Waals surface area contributed by atoms with Crippen molar-refractivity contribution in [3.05, 3.63) is 77.2 Å². The van der Waals surface area contributed by atoms with E-state index in [1.807, 2.05) is 6.07 Å².